The third-order valence-electron chi connectivity index (χ3n) is 8.03. The summed E-state index contributed by atoms with van der Waals surface area (Å²) in [5.74, 6) is -0.964. The van der Waals surface area contributed by atoms with Gasteiger partial charge >= 0.3 is 0 Å². The van der Waals surface area contributed by atoms with E-state index in [1.165, 1.54) is 6.20 Å². The number of hydroxylamine groups is 2. The lowest BCUT2D eigenvalue weighted by Crippen LogP contribution is -2.58. The summed E-state index contributed by atoms with van der Waals surface area (Å²) in [6.07, 6.45) is 7.87. The number of hydrogen-bond donors (Lipinski definition) is 2. The normalized spacial score (nSPS) is 18.4. The maximum atomic E-state index is 13.7. The average Bonchev–Trinajstić information content (AvgIpc) is 3.43. The quantitative estimate of drug-likeness (QED) is 0.195. The van der Waals surface area contributed by atoms with Crippen molar-refractivity contribution in [3.8, 4) is 0 Å². The maximum absolute atomic E-state index is 13.7. The predicted molar refractivity (Wildman–Crippen MR) is 147 cm³/mol. The van der Waals surface area contributed by atoms with Gasteiger partial charge in [-0.25, -0.2) is 10.0 Å². The van der Waals surface area contributed by atoms with Gasteiger partial charge in [-0.15, -0.1) is 0 Å². The molecule has 1 aromatic rings. The molecule has 0 radical (unpaired) electrons. The van der Waals surface area contributed by atoms with E-state index >= 15 is 0 Å². The number of carbonyl (C=O) groups excluding carboxylic acids is 4. The fourth-order valence-corrected chi connectivity index (χ4v) is 5.85. The molecule has 2 atom stereocenters. The van der Waals surface area contributed by atoms with Crippen LogP contribution in [-0.4, -0.2) is 88.0 Å². The van der Waals surface area contributed by atoms with Crippen LogP contribution in [0.25, 0.3) is 0 Å². The largest absolute Gasteiger partial charge is 0.344 e. The maximum Gasteiger partial charge on any atom is 0.256 e. The van der Waals surface area contributed by atoms with Crippen LogP contribution in [0, 0.1) is 17.3 Å². The number of aromatic nitrogens is 1. The number of nitrogens with one attached hydrogen (secondary N) is 1. The molecule has 1 saturated heterocycles. The van der Waals surface area contributed by atoms with Gasteiger partial charge < -0.3 is 15.1 Å². The summed E-state index contributed by atoms with van der Waals surface area (Å²) in [4.78, 5) is 58.5. The topological polar surface area (TPSA) is 123 Å². The van der Waals surface area contributed by atoms with Crippen molar-refractivity contribution in [3.05, 3.63) is 29.0 Å². The van der Waals surface area contributed by atoms with E-state index in [2.05, 4.69) is 10.3 Å². The zero-order chi connectivity index (χ0) is 28.7. The number of halogens is 1. The van der Waals surface area contributed by atoms with Crippen LogP contribution in [-0.2, 0) is 14.4 Å². The second kappa shape index (κ2) is 13.6. The first-order chi connectivity index (χ1) is 18.4. The van der Waals surface area contributed by atoms with Gasteiger partial charge in [-0.05, 0) is 42.7 Å². The van der Waals surface area contributed by atoms with E-state index < -0.39 is 17.4 Å². The van der Waals surface area contributed by atoms with Crippen molar-refractivity contribution >= 4 is 35.7 Å². The van der Waals surface area contributed by atoms with Crippen LogP contribution in [0.1, 0.15) is 76.1 Å². The molecule has 1 aliphatic heterocycles. The Hall–Kier alpha value is -2.72. The molecule has 2 N–H and O–H groups in total. The lowest BCUT2D eigenvalue weighted by molar-refractivity contribution is -0.156. The summed E-state index contributed by atoms with van der Waals surface area (Å²) < 4.78 is 0. The molecule has 216 valence electrons. The van der Waals surface area contributed by atoms with Crippen molar-refractivity contribution in [2.45, 2.75) is 77.8 Å². The third kappa shape index (κ3) is 8.14. The second-order valence-corrected chi connectivity index (χ2v) is 12.3. The highest BCUT2D eigenvalue weighted by molar-refractivity contribution is 6.32. The minimum absolute atomic E-state index is 0.0926. The Bertz CT molecular complexity index is 1020. The van der Waals surface area contributed by atoms with Crippen molar-refractivity contribution < 1.29 is 24.4 Å². The Morgan fingerprint density at radius 3 is 2.41 bits per heavy atom. The number of rotatable bonds is 10. The third-order valence-corrected chi connectivity index (χ3v) is 8.33. The van der Waals surface area contributed by atoms with Crippen LogP contribution in [0.2, 0.25) is 5.15 Å². The zero-order valence-electron chi connectivity index (χ0n) is 23.4. The molecule has 0 aromatic carbocycles. The van der Waals surface area contributed by atoms with Gasteiger partial charge in [0.1, 0.15) is 11.2 Å². The lowest BCUT2D eigenvalue weighted by Gasteiger charge is -2.40. The number of amides is 4. The standard InChI is InChI=1S/C28H42ClN5O5/c1-28(2,3)23(31-25(36)20(17-34(39)18-35)16-19-8-5-6-9-19)27(38)32(4)21-11-14-33(15-12-21)26(37)22-10-7-13-30-24(22)29/h7,10,13,18-21,23,39H,5-6,8-9,11-12,14-17H2,1-4H3,(H,31,36). The molecule has 4 amide bonds. The number of nitrogens with zero attached hydrogens (tertiary/aromatic N) is 4. The molecule has 2 heterocycles. The number of carbonyl (C=O) groups is 4. The highest BCUT2D eigenvalue weighted by Crippen LogP contribution is 2.31. The Kier molecular flexibility index (Phi) is 10.7. The monoisotopic (exact) mass is 563 g/mol. The summed E-state index contributed by atoms with van der Waals surface area (Å²) in [7, 11) is 1.74. The summed E-state index contributed by atoms with van der Waals surface area (Å²) in [5, 5.41) is 13.5. The SMILES string of the molecule is CN(C(=O)C(NC(=O)C(CC1CCCC1)CN(O)C=O)C(C)(C)C)C1CCN(C(=O)c2cccnc2Cl)CC1. The number of likely N-dealkylation sites (tertiary alicyclic amines) is 1. The van der Waals surface area contributed by atoms with Crippen LogP contribution in [0.3, 0.4) is 0 Å². The Balaban J connectivity index is 1.65. The molecule has 1 aliphatic carbocycles. The van der Waals surface area contributed by atoms with E-state index in [1.54, 1.807) is 29.0 Å². The average molecular weight is 564 g/mol. The van der Waals surface area contributed by atoms with Gasteiger partial charge in [-0.1, -0.05) is 58.1 Å². The van der Waals surface area contributed by atoms with Gasteiger partial charge in [0.25, 0.3) is 5.91 Å². The van der Waals surface area contributed by atoms with Crippen LogP contribution in [0.5, 0.6) is 0 Å². The minimum Gasteiger partial charge on any atom is -0.344 e. The van der Waals surface area contributed by atoms with Crippen molar-refractivity contribution in [2.75, 3.05) is 26.7 Å². The van der Waals surface area contributed by atoms with Crippen LogP contribution in [0.4, 0.5) is 0 Å². The molecule has 39 heavy (non-hydrogen) atoms. The van der Waals surface area contributed by atoms with E-state index in [9.17, 15) is 24.4 Å². The number of pyridine rings is 1. The zero-order valence-corrected chi connectivity index (χ0v) is 24.2. The molecule has 0 bridgehead atoms. The summed E-state index contributed by atoms with van der Waals surface area (Å²) in [5.41, 5.74) is -0.211. The lowest BCUT2D eigenvalue weighted by atomic mass is 9.84. The van der Waals surface area contributed by atoms with E-state index in [4.69, 9.17) is 11.6 Å². The molecule has 2 fully saturated rings. The van der Waals surface area contributed by atoms with Crippen LogP contribution in [0.15, 0.2) is 18.3 Å². The van der Waals surface area contributed by atoms with Gasteiger partial charge in [0.15, 0.2) is 0 Å². The van der Waals surface area contributed by atoms with E-state index in [-0.39, 0.29) is 35.5 Å². The Morgan fingerprint density at radius 2 is 1.85 bits per heavy atom. The molecule has 0 spiro atoms. The highest BCUT2D eigenvalue weighted by atomic mass is 35.5. The van der Waals surface area contributed by atoms with E-state index in [0.29, 0.717) is 55.3 Å². The Morgan fingerprint density at radius 1 is 1.21 bits per heavy atom. The summed E-state index contributed by atoms with van der Waals surface area (Å²) in [6.45, 7) is 6.54. The van der Waals surface area contributed by atoms with Crippen molar-refractivity contribution in [1.29, 1.82) is 0 Å². The molecular formula is C28H42ClN5O5. The van der Waals surface area contributed by atoms with Crippen molar-refractivity contribution in [2.24, 2.45) is 17.3 Å². The minimum atomic E-state index is -0.793. The van der Waals surface area contributed by atoms with E-state index in [1.807, 2.05) is 20.8 Å². The smallest absolute Gasteiger partial charge is 0.256 e. The molecule has 3 rings (SSSR count). The van der Waals surface area contributed by atoms with Crippen LogP contribution < -0.4 is 5.32 Å². The second-order valence-electron chi connectivity index (χ2n) is 11.9. The molecule has 1 aromatic heterocycles. The van der Waals surface area contributed by atoms with Crippen molar-refractivity contribution in [3.63, 3.8) is 0 Å². The van der Waals surface area contributed by atoms with Gasteiger partial charge in [-0.3, -0.25) is 24.4 Å². The number of likely N-dealkylation sites (N-methyl/N-ethyl adjacent to an activating group) is 1. The molecular weight excluding hydrogens is 522 g/mol. The van der Waals surface area contributed by atoms with Gasteiger partial charge in [-0.2, -0.15) is 0 Å². The highest BCUT2D eigenvalue weighted by Gasteiger charge is 2.39. The predicted octanol–water partition coefficient (Wildman–Crippen LogP) is 3.37. The summed E-state index contributed by atoms with van der Waals surface area (Å²) >= 11 is 6.10. The van der Waals surface area contributed by atoms with E-state index in [0.717, 1.165) is 25.7 Å². The first-order valence-electron chi connectivity index (χ1n) is 13.8. The number of piperidine rings is 1. The first-order valence-corrected chi connectivity index (χ1v) is 14.2. The molecule has 10 nitrogen and oxygen atoms in total. The van der Waals surface area contributed by atoms with Gasteiger partial charge in [0.05, 0.1) is 18.0 Å². The molecule has 11 heteroatoms. The fraction of sp³-hybridized carbons (Fsp3) is 0.679. The molecule has 1 saturated carbocycles. The molecule has 2 aliphatic rings. The van der Waals surface area contributed by atoms with Crippen LogP contribution >= 0.6 is 11.6 Å². The van der Waals surface area contributed by atoms with Crippen molar-refractivity contribution in [1.82, 2.24) is 25.2 Å². The fourth-order valence-electron chi connectivity index (χ4n) is 5.65. The van der Waals surface area contributed by atoms with Gasteiger partial charge in [0, 0.05) is 32.4 Å². The first kappa shape index (κ1) is 30.8. The Labute approximate surface area is 236 Å². The molecule has 2 unspecified atom stereocenters. The number of hydrogen-bond acceptors (Lipinski definition) is 6. The van der Waals surface area contributed by atoms with Gasteiger partial charge in [0.2, 0.25) is 18.2 Å². The summed E-state index contributed by atoms with van der Waals surface area (Å²) in [6, 6.07) is 2.44.